The third-order valence-electron chi connectivity index (χ3n) is 2.63. The van der Waals surface area contributed by atoms with Crippen molar-refractivity contribution in [3.8, 4) is 0 Å². The van der Waals surface area contributed by atoms with E-state index in [0.29, 0.717) is 24.8 Å². The Morgan fingerprint density at radius 2 is 2.00 bits per heavy atom. The number of methoxy groups -OCH3 is 1. The van der Waals surface area contributed by atoms with Gasteiger partial charge in [-0.2, -0.15) is 0 Å². The van der Waals surface area contributed by atoms with Crippen LogP contribution in [0.2, 0.25) is 0 Å². The summed E-state index contributed by atoms with van der Waals surface area (Å²) >= 11 is 0. The first-order chi connectivity index (χ1) is 8.02. The summed E-state index contributed by atoms with van der Waals surface area (Å²) in [7, 11) is 1.61. The largest absolute Gasteiger partial charge is 0.393 e. The van der Waals surface area contributed by atoms with E-state index >= 15 is 0 Å². The highest BCUT2D eigenvalue weighted by Gasteiger charge is 2.17. The quantitative estimate of drug-likeness (QED) is 0.819. The van der Waals surface area contributed by atoms with Crippen LogP contribution in [-0.2, 0) is 24.4 Å². The minimum atomic E-state index is -0.0980. The van der Waals surface area contributed by atoms with E-state index in [1.165, 1.54) is 0 Å². The van der Waals surface area contributed by atoms with Gasteiger partial charge in [0, 0.05) is 20.2 Å². The van der Waals surface area contributed by atoms with E-state index in [2.05, 4.69) is 20.8 Å². The van der Waals surface area contributed by atoms with E-state index in [1.807, 2.05) is 4.68 Å². The topological polar surface area (TPSA) is 62.2 Å². The number of aromatic nitrogens is 2. The molecule has 0 aliphatic heterocycles. The number of nitrogens with two attached hydrogens (primary N) is 1. The molecule has 0 fully saturated rings. The Kier molecular flexibility index (Phi) is 4.81. The van der Waals surface area contributed by atoms with E-state index in [9.17, 15) is 4.79 Å². The lowest BCUT2D eigenvalue weighted by atomic mass is 10.2. The number of nitrogens with zero attached hydrogens (tertiary/aromatic N) is 2. The summed E-state index contributed by atoms with van der Waals surface area (Å²) in [6, 6.07) is 0. The third kappa shape index (κ3) is 2.91. The fourth-order valence-electron chi connectivity index (χ4n) is 1.94. The predicted octanol–water partition coefficient (Wildman–Crippen LogP) is 1.44. The van der Waals surface area contributed by atoms with Gasteiger partial charge >= 0.3 is 0 Å². The van der Waals surface area contributed by atoms with Crippen LogP contribution in [0.1, 0.15) is 32.9 Å². The maximum Gasteiger partial charge on any atom is 0.290 e. The number of anilines is 1. The molecule has 1 heterocycles. The number of ether oxygens (including phenoxy) is 1. The van der Waals surface area contributed by atoms with Crippen LogP contribution in [0, 0.1) is 5.92 Å². The van der Waals surface area contributed by atoms with E-state index in [4.69, 9.17) is 10.5 Å². The summed E-state index contributed by atoms with van der Waals surface area (Å²) in [6.07, 6.45) is 0.961. The van der Waals surface area contributed by atoms with Crippen molar-refractivity contribution in [1.82, 2.24) is 9.36 Å². The molecule has 0 aliphatic carbocycles. The molecular weight excluding hydrogens is 218 g/mol. The lowest BCUT2D eigenvalue weighted by Crippen LogP contribution is -2.26. The molecule has 0 aliphatic rings. The van der Waals surface area contributed by atoms with Crippen LogP contribution in [0.5, 0.6) is 0 Å². The summed E-state index contributed by atoms with van der Waals surface area (Å²) < 4.78 is 8.81. The molecule has 0 saturated heterocycles. The van der Waals surface area contributed by atoms with Gasteiger partial charge in [0.25, 0.3) is 5.56 Å². The van der Waals surface area contributed by atoms with Crippen molar-refractivity contribution in [1.29, 1.82) is 0 Å². The molecule has 0 spiro atoms. The molecule has 0 atom stereocenters. The second-order valence-corrected chi connectivity index (χ2v) is 4.70. The minimum Gasteiger partial charge on any atom is -0.393 e. The lowest BCUT2D eigenvalue weighted by molar-refractivity contribution is 0.174. The molecule has 98 valence electrons. The van der Waals surface area contributed by atoms with Crippen LogP contribution in [0.25, 0.3) is 0 Å². The van der Waals surface area contributed by atoms with Crippen molar-refractivity contribution < 1.29 is 4.74 Å². The predicted molar refractivity (Wildman–Crippen MR) is 68.9 cm³/mol. The molecule has 0 saturated carbocycles. The smallest absolute Gasteiger partial charge is 0.290 e. The first-order valence-corrected chi connectivity index (χ1v) is 6.09. The number of nitrogen functional groups attached to an aromatic ring is 1. The molecule has 2 N–H and O–H groups in total. The zero-order valence-corrected chi connectivity index (χ0v) is 11.2. The van der Waals surface area contributed by atoms with Crippen molar-refractivity contribution in [2.45, 2.75) is 46.9 Å². The first-order valence-electron chi connectivity index (χ1n) is 6.09. The second kappa shape index (κ2) is 5.91. The van der Waals surface area contributed by atoms with Gasteiger partial charge in [0.15, 0.2) is 0 Å². The van der Waals surface area contributed by atoms with Gasteiger partial charge in [-0.25, -0.2) is 4.68 Å². The van der Waals surface area contributed by atoms with Gasteiger partial charge in [0.05, 0.1) is 12.3 Å². The third-order valence-corrected chi connectivity index (χ3v) is 2.63. The van der Waals surface area contributed by atoms with E-state index < -0.39 is 0 Å². The van der Waals surface area contributed by atoms with Crippen molar-refractivity contribution in [3.05, 3.63) is 16.0 Å². The van der Waals surface area contributed by atoms with Gasteiger partial charge in [-0.1, -0.05) is 20.8 Å². The Morgan fingerprint density at radius 1 is 1.35 bits per heavy atom. The molecule has 0 amide bonds. The summed E-state index contributed by atoms with van der Waals surface area (Å²) in [5.74, 6) is 0.410. The average molecular weight is 241 g/mol. The molecule has 5 heteroatoms. The summed E-state index contributed by atoms with van der Waals surface area (Å²) in [5, 5.41) is 0. The van der Waals surface area contributed by atoms with Crippen LogP contribution >= 0.6 is 0 Å². The lowest BCUT2D eigenvalue weighted by Gasteiger charge is -2.15. The Labute approximate surface area is 102 Å². The molecule has 0 aromatic carbocycles. The summed E-state index contributed by atoms with van der Waals surface area (Å²) in [5.41, 5.74) is 6.88. The molecule has 1 aromatic heterocycles. The monoisotopic (exact) mass is 241 g/mol. The fraction of sp³-hybridized carbons (Fsp3) is 0.750. The van der Waals surface area contributed by atoms with E-state index in [0.717, 1.165) is 18.7 Å². The highest BCUT2D eigenvalue weighted by molar-refractivity contribution is 5.41. The normalized spacial score (nSPS) is 11.4. The Bertz CT molecular complexity index is 418. The fourth-order valence-corrected chi connectivity index (χ4v) is 1.94. The minimum absolute atomic E-state index is 0.0980. The molecule has 0 radical (unpaired) electrons. The van der Waals surface area contributed by atoms with Crippen LogP contribution in [-0.4, -0.2) is 16.5 Å². The molecule has 1 rings (SSSR count). The average Bonchev–Trinajstić information content (AvgIpc) is 2.47. The SMILES string of the molecule is CCCn1c(COC)c(N)c(=O)n1CC(C)C. The second-order valence-electron chi connectivity index (χ2n) is 4.70. The number of hydrogen-bond acceptors (Lipinski definition) is 3. The van der Waals surface area contributed by atoms with Crippen molar-refractivity contribution >= 4 is 5.69 Å². The van der Waals surface area contributed by atoms with Gasteiger partial charge in [0.1, 0.15) is 5.69 Å². The molecule has 5 nitrogen and oxygen atoms in total. The number of rotatable bonds is 6. The highest BCUT2D eigenvalue weighted by atomic mass is 16.5. The first kappa shape index (κ1) is 13.8. The van der Waals surface area contributed by atoms with Crippen LogP contribution in [0.4, 0.5) is 5.69 Å². The van der Waals surface area contributed by atoms with Gasteiger partial charge in [-0.15, -0.1) is 0 Å². The van der Waals surface area contributed by atoms with Crippen LogP contribution < -0.4 is 11.3 Å². The molecule has 1 aromatic rings. The summed E-state index contributed by atoms with van der Waals surface area (Å²) in [4.78, 5) is 12.1. The van der Waals surface area contributed by atoms with Crippen molar-refractivity contribution in [2.24, 2.45) is 5.92 Å². The molecular formula is C12H23N3O2. The Morgan fingerprint density at radius 3 is 2.47 bits per heavy atom. The van der Waals surface area contributed by atoms with E-state index in [1.54, 1.807) is 11.8 Å². The maximum absolute atomic E-state index is 12.1. The Hall–Kier alpha value is -1.23. The number of hydrogen-bond donors (Lipinski definition) is 1. The van der Waals surface area contributed by atoms with Gasteiger partial charge in [-0.3, -0.25) is 9.48 Å². The van der Waals surface area contributed by atoms with Crippen LogP contribution in [0.3, 0.4) is 0 Å². The van der Waals surface area contributed by atoms with E-state index in [-0.39, 0.29) is 5.56 Å². The molecule has 0 unspecified atom stereocenters. The van der Waals surface area contributed by atoms with Crippen molar-refractivity contribution in [2.75, 3.05) is 12.8 Å². The molecule has 17 heavy (non-hydrogen) atoms. The Balaban J connectivity index is 3.25. The van der Waals surface area contributed by atoms with Crippen molar-refractivity contribution in [3.63, 3.8) is 0 Å². The van der Waals surface area contributed by atoms with Gasteiger partial charge < -0.3 is 10.5 Å². The zero-order valence-electron chi connectivity index (χ0n) is 11.2. The van der Waals surface area contributed by atoms with Gasteiger partial charge in [0.2, 0.25) is 0 Å². The molecule has 0 bridgehead atoms. The summed E-state index contributed by atoms with van der Waals surface area (Å²) in [6.45, 7) is 8.11. The van der Waals surface area contributed by atoms with Crippen LogP contribution in [0.15, 0.2) is 4.79 Å². The highest BCUT2D eigenvalue weighted by Crippen LogP contribution is 2.12. The maximum atomic E-state index is 12.1. The zero-order chi connectivity index (χ0) is 13.0. The standard InChI is InChI=1S/C12H23N3O2/c1-5-6-14-10(8-17-4)11(13)12(16)15(14)7-9(2)3/h9H,5-8,13H2,1-4H3. The van der Waals surface area contributed by atoms with Gasteiger partial charge in [-0.05, 0) is 12.3 Å².